The largest absolute Gasteiger partial charge is 0.299 e. The fourth-order valence-electron chi connectivity index (χ4n) is 2.89. The van der Waals surface area contributed by atoms with E-state index in [9.17, 15) is 13.2 Å². The molecule has 0 amide bonds. The summed E-state index contributed by atoms with van der Waals surface area (Å²) in [6.45, 7) is 0. The number of H-pyrrole nitrogens is 1. The number of hydrogen-bond donors (Lipinski definition) is 2. The lowest BCUT2D eigenvalue weighted by Crippen LogP contribution is -2.13. The molecule has 2 N–H and O–H groups in total. The van der Waals surface area contributed by atoms with Crippen LogP contribution in [0.1, 0.15) is 0 Å². The number of azo groups is 1. The van der Waals surface area contributed by atoms with Gasteiger partial charge in [0.1, 0.15) is 0 Å². The third-order valence-corrected chi connectivity index (χ3v) is 5.53. The Morgan fingerprint density at radius 1 is 0.871 bits per heavy atom. The SMILES string of the molecule is O=c1c(N=Nc2ccc(S(=O)(=O)O)cc2)c(-c2ccc(Cl)cc2)[nH]n1-c1ccccc1. The normalized spacial score (nSPS) is 11.8. The zero-order valence-electron chi connectivity index (χ0n) is 15.8. The Bertz CT molecular complexity index is 1410. The van der Waals surface area contributed by atoms with E-state index in [1.807, 2.05) is 18.2 Å². The zero-order valence-corrected chi connectivity index (χ0v) is 17.4. The second kappa shape index (κ2) is 8.31. The summed E-state index contributed by atoms with van der Waals surface area (Å²) in [4.78, 5) is 12.8. The molecule has 0 saturated heterocycles. The van der Waals surface area contributed by atoms with E-state index in [-0.39, 0.29) is 10.6 Å². The van der Waals surface area contributed by atoms with Gasteiger partial charge in [-0.2, -0.15) is 13.5 Å². The number of benzene rings is 3. The Morgan fingerprint density at radius 2 is 1.52 bits per heavy atom. The first-order valence-electron chi connectivity index (χ1n) is 8.98. The highest BCUT2D eigenvalue weighted by atomic mass is 35.5. The van der Waals surface area contributed by atoms with Crippen LogP contribution in [0.4, 0.5) is 11.4 Å². The Hall–Kier alpha value is -3.53. The van der Waals surface area contributed by atoms with Gasteiger partial charge in [-0.3, -0.25) is 14.4 Å². The van der Waals surface area contributed by atoms with Crippen LogP contribution in [0.25, 0.3) is 16.9 Å². The summed E-state index contributed by atoms with van der Waals surface area (Å²) in [6.07, 6.45) is 0. The van der Waals surface area contributed by atoms with Gasteiger partial charge in [-0.15, -0.1) is 5.11 Å². The average molecular weight is 455 g/mol. The molecule has 4 aromatic rings. The fourth-order valence-corrected chi connectivity index (χ4v) is 3.50. The first kappa shape index (κ1) is 20.7. The van der Waals surface area contributed by atoms with Crippen LogP contribution in [0.5, 0.6) is 0 Å². The quantitative estimate of drug-likeness (QED) is 0.320. The molecule has 0 spiro atoms. The van der Waals surface area contributed by atoms with E-state index in [4.69, 9.17) is 16.2 Å². The first-order valence-corrected chi connectivity index (χ1v) is 10.8. The molecule has 0 saturated carbocycles. The molecule has 31 heavy (non-hydrogen) atoms. The van der Waals surface area contributed by atoms with Gasteiger partial charge < -0.3 is 0 Å². The highest BCUT2D eigenvalue weighted by molar-refractivity contribution is 7.85. The molecule has 8 nitrogen and oxygen atoms in total. The van der Waals surface area contributed by atoms with E-state index in [0.717, 1.165) is 0 Å². The molecular formula is C21H15ClN4O4S. The number of rotatable bonds is 5. The lowest BCUT2D eigenvalue weighted by Gasteiger charge is -2.01. The molecule has 0 bridgehead atoms. The number of hydrogen-bond acceptors (Lipinski definition) is 5. The molecule has 0 aliphatic carbocycles. The van der Waals surface area contributed by atoms with Crippen molar-refractivity contribution in [2.75, 3.05) is 0 Å². The summed E-state index contributed by atoms with van der Waals surface area (Å²) in [5.41, 5.74) is 1.73. The standard InChI is InChI=1S/C21H15ClN4O4S/c22-15-8-6-14(7-9-15)19-20(21(27)26(25-19)17-4-2-1-3-5-17)24-23-16-10-12-18(13-11-16)31(28,29)30/h1-13,25H,(H,28,29,30). The monoisotopic (exact) mass is 454 g/mol. The molecule has 156 valence electrons. The first-order chi connectivity index (χ1) is 14.8. The predicted octanol–water partition coefficient (Wildman–Crippen LogP) is 5.15. The van der Waals surface area contributed by atoms with Crippen molar-refractivity contribution in [2.45, 2.75) is 4.90 Å². The Labute approximate surface area is 182 Å². The van der Waals surface area contributed by atoms with Crippen molar-refractivity contribution in [2.24, 2.45) is 10.2 Å². The van der Waals surface area contributed by atoms with Crippen LogP contribution >= 0.6 is 11.6 Å². The third kappa shape index (κ3) is 4.48. The van der Waals surface area contributed by atoms with Crippen molar-refractivity contribution in [3.63, 3.8) is 0 Å². The van der Waals surface area contributed by atoms with Gasteiger partial charge in [0.15, 0.2) is 5.69 Å². The highest BCUT2D eigenvalue weighted by Gasteiger charge is 2.17. The van der Waals surface area contributed by atoms with Gasteiger partial charge in [-0.1, -0.05) is 41.9 Å². The molecule has 0 fully saturated rings. The second-order valence-corrected chi connectivity index (χ2v) is 8.35. The van der Waals surface area contributed by atoms with Crippen molar-refractivity contribution in [3.8, 4) is 16.9 Å². The zero-order chi connectivity index (χ0) is 22.0. The lowest BCUT2D eigenvalue weighted by atomic mass is 10.1. The van der Waals surface area contributed by atoms with E-state index in [1.165, 1.54) is 28.9 Å². The van der Waals surface area contributed by atoms with Crippen molar-refractivity contribution >= 4 is 33.1 Å². The van der Waals surface area contributed by atoms with Gasteiger partial charge in [-0.25, -0.2) is 4.68 Å². The number of nitrogens with one attached hydrogen (secondary N) is 1. The Morgan fingerprint density at radius 3 is 2.13 bits per heavy atom. The molecule has 0 aliphatic heterocycles. The molecule has 4 rings (SSSR count). The van der Waals surface area contributed by atoms with Gasteiger partial charge in [-0.05, 0) is 48.5 Å². The van der Waals surface area contributed by atoms with Crippen LogP contribution in [0.15, 0.2) is 98.8 Å². The maximum atomic E-state index is 13.1. The summed E-state index contributed by atoms with van der Waals surface area (Å²) in [5, 5.41) is 11.8. The number of para-hydroxylation sites is 1. The van der Waals surface area contributed by atoms with Crippen molar-refractivity contribution in [1.29, 1.82) is 0 Å². The lowest BCUT2D eigenvalue weighted by molar-refractivity contribution is 0.483. The minimum Gasteiger partial charge on any atom is -0.288 e. The van der Waals surface area contributed by atoms with E-state index in [2.05, 4.69) is 15.3 Å². The van der Waals surface area contributed by atoms with E-state index in [1.54, 1.807) is 36.4 Å². The smallest absolute Gasteiger partial charge is 0.288 e. The summed E-state index contributed by atoms with van der Waals surface area (Å²) < 4.78 is 32.8. The fraction of sp³-hybridized carbons (Fsp3) is 0. The maximum Gasteiger partial charge on any atom is 0.299 e. The molecule has 3 aromatic carbocycles. The molecule has 0 atom stereocenters. The molecule has 0 aliphatic rings. The molecule has 1 heterocycles. The molecule has 0 unspecified atom stereocenters. The summed E-state index contributed by atoms with van der Waals surface area (Å²) >= 11 is 5.98. The van der Waals surface area contributed by atoms with Crippen LogP contribution in [0.2, 0.25) is 5.02 Å². The summed E-state index contributed by atoms with van der Waals surface area (Å²) in [5.74, 6) is 0. The van der Waals surface area contributed by atoms with E-state index >= 15 is 0 Å². The van der Waals surface area contributed by atoms with Crippen LogP contribution < -0.4 is 5.56 Å². The Kier molecular flexibility index (Phi) is 5.55. The number of nitrogens with zero attached hydrogens (tertiary/aromatic N) is 3. The third-order valence-electron chi connectivity index (χ3n) is 4.41. The van der Waals surface area contributed by atoms with Crippen LogP contribution in [-0.4, -0.2) is 22.8 Å². The Balaban J connectivity index is 1.80. The summed E-state index contributed by atoms with van der Waals surface area (Å²) in [6, 6.07) is 21.1. The highest BCUT2D eigenvalue weighted by Crippen LogP contribution is 2.29. The molecular weight excluding hydrogens is 440 g/mol. The van der Waals surface area contributed by atoms with Gasteiger partial charge in [0.2, 0.25) is 0 Å². The van der Waals surface area contributed by atoms with Crippen molar-refractivity contribution < 1.29 is 13.0 Å². The number of aromatic amines is 1. The van der Waals surface area contributed by atoms with Crippen LogP contribution in [0, 0.1) is 0 Å². The van der Waals surface area contributed by atoms with E-state index < -0.39 is 15.7 Å². The maximum absolute atomic E-state index is 13.1. The number of aromatic nitrogens is 2. The molecule has 1 aromatic heterocycles. The topological polar surface area (TPSA) is 117 Å². The number of halogens is 1. The van der Waals surface area contributed by atoms with Crippen molar-refractivity contribution in [3.05, 3.63) is 94.2 Å². The van der Waals surface area contributed by atoms with Crippen LogP contribution in [-0.2, 0) is 10.1 Å². The van der Waals surface area contributed by atoms with Gasteiger partial charge >= 0.3 is 0 Å². The van der Waals surface area contributed by atoms with Gasteiger partial charge in [0.25, 0.3) is 15.7 Å². The second-order valence-electron chi connectivity index (χ2n) is 6.49. The van der Waals surface area contributed by atoms with Crippen molar-refractivity contribution in [1.82, 2.24) is 9.78 Å². The van der Waals surface area contributed by atoms with Gasteiger partial charge in [0, 0.05) is 10.6 Å². The minimum absolute atomic E-state index is 0.0741. The minimum atomic E-state index is -4.31. The average Bonchev–Trinajstić information content (AvgIpc) is 3.09. The van der Waals surface area contributed by atoms with Gasteiger partial charge in [0.05, 0.1) is 22.0 Å². The molecule has 10 heteroatoms. The summed E-state index contributed by atoms with van der Waals surface area (Å²) in [7, 11) is -4.31. The van der Waals surface area contributed by atoms with E-state index in [0.29, 0.717) is 27.7 Å². The van der Waals surface area contributed by atoms with Crippen LogP contribution in [0.3, 0.4) is 0 Å². The molecule has 0 radical (unpaired) electrons. The predicted molar refractivity (Wildman–Crippen MR) is 117 cm³/mol.